The molecule has 4 heteroatoms. The van der Waals surface area contributed by atoms with Gasteiger partial charge in [0.2, 0.25) is 0 Å². The average Bonchev–Trinajstić information content (AvgIpc) is 2.68. The molecule has 1 unspecified atom stereocenters. The second-order valence-electron chi connectivity index (χ2n) is 4.69. The summed E-state index contributed by atoms with van der Waals surface area (Å²) < 4.78 is 27.6. The Bertz CT molecular complexity index is 379. The predicted molar refractivity (Wildman–Crippen MR) is 65.6 cm³/mol. The van der Waals surface area contributed by atoms with E-state index in [1.807, 2.05) is 0 Å². The van der Waals surface area contributed by atoms with Crippen molar-refractivity contribution in [3.63, 3.8) is 0 Å². The maximum atomic E-state index is 13.6. The minimum Gasteiger partial charge on any atom is -0.388 e. The average molecular weight is 305 g/mol. The van der Waals surface area contributed by atoms with E-state index in [0.29, 0.717) is 16.8 Å². The summed E-state index contributed by atoms with van der Waals surface area (Å²) in [7, 11) is 0. The fraction of sp³-hybridized carbons (Fsp3) is 0.538. The zero-order valence-corrected chi connectivity index (χ0v) is 11.0. The van der Waals surface area contributed by atoms with Crippen LogP contribution in [-0.2, 0) is 0 Å². The second kappa shape index (κ2) is 5.44. The topological polar surface area (TPSA) is 20.2 Å². The highest BCUT2D eigenvalue weighted by Crippen LogP contribution is 2.35. The second-order valence-corrected chi connectivity index (χ2v) is 5.60. The van der Waals surface area contributed by atoms with E-state index in [2.05, 4.69) is 15.9 Å². The van der Waals surface area contributed by atoms with Crippen LogP contribution in [0.5, 0.6) is 0 Å². The number of hydrogen-bond donors (Lipinski definition) is 1. The molecule has 1 aliphatic rings. The van der Waals surface area contributed by atoms with Crippen molar-refractivity contribution in [1.82, 2.24) is 0 Å². The highest BCUT2D eigenvalue weighted by atomic mass is 79.9. The molecule has 1 N–H and O–H groups in total. The van der Waals surface area contributed by atoms with Crippen LogP contribution in [-0.4, -0.2) is 5.11 Å². The first-order valence-electron chi connectivity index (χ1n) is 5.90. The monoisotopic (exact) mass is 304 g/mol. The summed E-state index contributed by atoms with van der Waals surface area (Å²) in [5.74, 6) is -0.961. The van der Waals surface area contributed by atoms with Gasteiger partial charge in [-0.3, -0.25) is 0 Å². The van der Waals surface area contributed by atoms with E-state index in [1.165, 1.54) is 12.1 Å². The molecular formula is C13H15BrF2O. The standard InChI is InChI=1S/C13H15BrF2O/c14-9-6-10(15)13(11(16)7-9)12(17)5-8-3-1-2-4-8/h6-8,12,17H,1-5H2. The van der Waals surface area contributed by atoms with Crippen LogP contribution in [0.15, 0.2) is 16.6 Å². The highest BCUT2D eigenvalue weighted by Gasteiger charge is 2.24. The molecule has 0 radical (unpaired) electrons. The SMILES string of the molecule is OC(CC1CCCC1)c1c(F)cc(Br)cc1F. The summed E-state index contributed by atoms with van der Waals surface area (Å²) >= 11 is 3.02. The molecule has 1 saturated carbocycles. The Labute approximate surface area is 108 Å². The van der Waals surface area contributed by atoms with Crippen LogP contribution in [0.2, 0.25) is 0 Å². The van der Waals surface area contributed by atoms with Gasteiger partial charge in [-0.1, -0.05) is 41.6 Å². The Balaban J connectivity index is 2.15. The number of halogens is 3. The van der Waals surface area contributed by atoms with Crippen molar-refractivity contribution in [2.24, 2.45) is 5.92 Å². The van der Waals surface area contributed by atoms with Crippen LogP contribution in [0.1, 0.15) is 43.8 Å². The van der Waals surface area contributed by atoms with E-state index in [9.17, 15) is 13.9 Å². The van der Waals surface area contributed by atoms with Gasteiger partial charge in [0.1, 0.15) is 11.6 Å². The number of aliphatic hydroxyl groups is 1. The lowest BCUT2D eigenvalue weighted by Gasteiger charge is -2.17. The van der Waals surface area contributed by atoms with Crippen LogP contribution in [0, 0.1) is 17.6 Å². The zero-order chi connectivity index (χ0) is 12.4. The van der Waals surface area contributed by atoms with E-state index >= 15 is 0 Å². The quantitative estimate of drug-likeness (QED) is 0.880. The number of hydrogen-bond acceptors (Lipinski definition) is 1. The molecule has 1 aromatic carbocycles. The van der Waals surface area contributed by atoms with Crippen molar-refractivity contribution in [2.75, 3.05) is 0 Å². The first kappa shape index (κ1) is 13.0. The fourth-order valence-electron chi connectivity index (χ4n) is 2.55. The molecule has 0 aromatic heterocycles. The Morgan fingerprint density at radius 3 is 2.29 bits per heavy atom. The van der Waals surface area contributed by atoms with Gasteiger partial charge < -0.3 is 5.11 Å². The minimum absolute atomic E-state index is 0.194. The number of aliphatic hydroxyl groups excluding tert-OH is 1. The molecule has 0 spiro atoms. The molecule has 0 amide bonds. The van der Waals surface area contributed by atoms with Crippen molar-refractivity contribution < 1.29 is 13.9 Å². The van der Waals surface area contributed by atoms with Gasteiger partial charge in [0, 0.05) is 4.47 Å². The Morgan fingerprint density at radius 2 is 1.76 bits per heavy atom. The van der Waals surface area contributed by atoms with Crippen LogP contribution in [0.4, 0.5) is 8.78 Å². The summed E-state index contributed by atoms with van der Waals surface area (Å²) in [6, 6.07) is 2.38. The lowest BCUT2D eigenvalue weighted by Crippen LogP contribution is -2.08. The molecule has 0 bridgehead atoms. The van der Waals surface area contributed by atoms with E-state index < -0.39 is 17.7 Å². The van der Waals surface area contributed by atoms with E-state index in [1.54, 1.807) is 0 Å². The van der Waals surface area contributed by atoms with Gasteiger partial charge in [-0.05, 0) is 24.5 Å². The normalized spacial score (nSPS) is 18.6. The first-order valence-corrected chi connectivity index (χ1v) is 6.69. The highest BCUT2D eigenvalue weighted by molar-refractivity contribution is 9.10. The van der Waals surface area contributed by atoms with Gasteiger partial charge in [-0.25, -0.2) is 8.78 Å². The molecule has 1 fully saturated rings. The van der Waals surface area contributed by atoms with Gasteiger partial charge in [0.25, 0.3) is 0 Å². The molecule has 2 rings (SSSR count). The summed E-state index contributed by atoms with van der Waals surface area (Å²) in [6.45, 7) is 0. The van der Waals surface area contributed by atoms with Gasteiger partial charge in [0.05, 0.1) is 11.7 Å². The third-order valence-corrected chi connectivity index (χ3v) is 3.87. The van der Waals surface area contributed by atoms with Crippen molar-refractivity contribution in [1.29, 1.82) is 0 Å². The molecular weight excluding hydrogens is 290 g/mol. The zero-order valence-electron chi connectivity index (χ0n) is 9.43. The van der Waals surface area contributed by atoms with Gasteiger partial charge in [-0.15, -0.1) is 0 Å². The van der Waals surface area contributed by atoms with Gasteiger partial charge >= 0.3 is 0 Å². The smallest absolute Gasteiger partial charge is 0.133 e. The summed E-state index contributed by atoms with van der Waals surface area (Å²) in [6.07, 6.45) is 3.83. The molecule has 1 aliphatic carbocycles. The Hall–Kier alpha value is -0.480. The van der Waals surface area contributed by atoms with Crippen molar-refractivity contribution >= 4 is 15.9 Å². The van der Waals surface area contributed by atoms with E-state index in [4.69, 9.17) is 0 Å². The first-order chi connectivity index (χ1) is 8.08. The third kappa shape index (κ3) is 3.05. The van der Waals surface area contributed by atoms with Crippen LogP contribution >= 0.6 is 15.9 Å². The van der Waals surface area contributed by atoms with Crippen molar-refractivity contribution in [3.8, 4) is 0 Å². The third-order valence-electron chi connectivity index (χ3n) is 3.41. The maximum Gasteiger partial charge on any atom is 0.133 e. The molecule has 1 atom stereocenters. The molecule has 17 heavy (non-hydrogen) atoms. The van der Waals surface area contributed by atoms with Crippen LogP contribution in [0.25, 0.3) is 0 Å². The summed E-state index contributed by atoms with van der Waals surface area (Å²) in [5, 5.41) is 9.94. The van der Waals surface area contributed by atoms with Gasteiger partial charge in [-0.2, -0.15) is 0 Å². The molecule has 1 aromatic rings. The molecule has 0 saturated heterocycles. The molecule has 0 aliphatic heterocycles. The lowest BCUT2D eigenvalue weighted by molar-refractivity contribution is 0.136. The van der Waals surface area contributed by atoms with Crippen molar-refractivity contribution in [2.45, 2.75) is 38.2 Å². The van der Waals surface area contributed by atoms with Gasteiger partial charge in [0.15, 0.2) is 0 Å². The number of rotatable bonds is 3. The molecule has 1 nitrogen and oxygen atoms in total. The van der Waals surface area contributed by atoms with E-state index in [0.717, 1.165) is 25.7 Å². The van der Waals surface area contributed by atoms with E-state index in [-0.39, 0.29) is 5.56 Å². The minimum atomic E-state index is -1.04. The lowest BCUT2D eigenvalue weighted by atomic mass is 9.95. The maximum absolute atomic E-state index is 13.6. The Morgan fingerprint density at radius 1 is 1.24 bits per heavy atom. The Kier molecular flexibility index (Phi) is 4.15. The summed E-state index contributed by atoms with van der Waals surface area (Å²) in [4.78, 5) is 0. The molecule has 0 heterocycles. The summed E-state index contributed by atoms with van der Waals surface area (Å²) in [5.41, 5.74) is -0.194. The largest absolute Gasteiger partial charge is 0.388 e. The van der Waals surface area contributed by atoms with Crippen molar-refractivity contribution in [3.05, 3.63) is 33.8 Å². The predicted octanol–water partition coefficient (Wildman–Crippen LogP) is 4.34. The number of benzene rings is 1. The molecule has 94 valence electrons. The van der Waals surface area contributed by atoms with Crippen LogP contribution < -0.4 is 0 Å². The fourth-order valence-corrected chi connectivity index (χ4v) is 2.95. The van der Waals surface area contributed by atoms with Crippen LogP contribution in [0.3, 0.4) is 0 Å².